The summed E-state index contributed by atoms with van der Waals surface area (Å²) in [4.78, 5) is 0. The molecule has 0 amide bonds. The van der Waals surface area contributed by atoms with Crippen LogP contribution in [0, 0.1) is 0 Å². The molecule has 1 aromatic carbocycles. The van der Waals surface area contributed by atoms with Gasteiger partial charge in [-0.3, -0.25) is 0 Å². The zero-order valence-electron chi connectivity index (χ0n) is 39.2. The summed E-state index contributed by atoms with van der Waals surface area (Å²) in [5, 5.41) is 8.63. The lowest BCUT2D eigenvalue weighted by molar-refractivity contribution is -0.0258. The third-order valence-corrected chi connectivity index (χ3v) is 10.00. The summed E-state index contributed by atoms with van der Waals surface area (Å²) >= 11 is 0. The zero-order chi connectivity index (χ0) is 43.6. The molecule has 0 unspecified atom stereocenters. The van der Waals surface area contributed by atoms with E-state index in [1.54, 1.807) is 0 Å². The molecular weight excluding hydrogens is 781 g/mol. The van der Waals surface area contributed by atoms with Gasteiger partial charge in [0.15, 0.2) is 11.5 Å². The molecule has 61 heavy (non-hydrogen) atoms. The molecule has 0 saturated heterocycles. The molecule has 0 radical (unpaired) electrons. The topological polar surface area (TPSA) is 122 Å². The average molecular weight is 873 g/mol. The Labute approximate surface area is 372 Å². The van der Waals surface area contributed by atoms with Crippen molar-refractivity contribution in [3.63, 3.8) is 0 Å². The van der Waals surface area contributed by atoms with Crippen LogP contribution in [0.2, 0.25) is 0 Å². The first-order valence-corrected chi connectivity index (χ1v) is 24.5. The van der Waals surface area contributed by atoms with E-state index in [0.29, 0.717) is 126 Å². The van der Waals surface area contributed by atoms with Gasteiger partial charge in [-0.05, 0) is 30.5 Å². The van der Waals surface area contributed by atoms with E-state index in [1.807, 2.05) is 6.07 Å². The quantitative estimate of drug-likeness (QED) is 0.0628. The van der Waals surface area contributed by atoms with Gasteiger partial charge in [-0.25, -0.2) is 0 Å². The highest BCUT2D eigenvalue weighted by Gasteiger charge is 2.08. The lowest BCUT2D eigenvalue weighted by atomic mass is 10.1. The van der Waals surface area contributed by atoms with E-state index in [4.69, 9.17) is 57.2 Å². The van der Waals surface area contributed by atoms with Gasteiger partial charge >= 0.3 is 0 Å². The Hall–Kier alpha value is -1.58. The Bertz CT molecular complexity index is 987. The van der Waals surface area contributed by atoms with Crippen LogP contribution < -0.4 is 9.47 Å². The molecule has 0 aliphatic rings. The number of unbranched alkanes of at least 4 members (excludes halogenated alkanes) is 18. The first-order valence-electron chi connectivity index (χ1n) is 24.5. The molecule has 0 aromatic heterocycles. The predicted octanol–water partition coefficient (Wildman–Crippen LogP) is 9.93. The molecule has 0 heterocycles. The van der Waals surface area contributed by atoms with Crippen molar-refractivity contribution < 1.29 is 57.2 Å². The molecule has 0 spiro atoms. The smallest absolute Gasteiger partial charge is 0.161 e. The van der Waals surface area contributed by atoms with Crippen LogP contribution in [0.15, 0.2) is 18.2 Å². The van der Waals surface area contributed by atoms with Crippen LogP contribution in [0.1, 0.15) is 148 Å². The molecule has 0 atom stereocenters. The highest BCUT2D eigenvalue weighted by atomic mass is 16.6. The summed E-state index contributed by atoms with van der Waals surface area (Å²) < 4.78 is 62.3. The van der Waals surface area contributed by atoms with Crippen LogP contribution in [-0.4, -0.2) is 137 Å². The van der Waals surface area contributed by atoms with E-state index < -0.39 is 0 Å². The van der Waals surface area contributed by atoms with Gasteiger partial charge in [0.25, 0.3) is 0 Å². The lowest BCUT2D eigenvalue weighted by Gasteiger charge is -2.15. The van der Waals surface area contributed by atoms with Crippen LogP contribution in [0.5, 0.6) is 11.5 Å². The van der Waals surface area contributed by atoms with Crippen LogP contribution in [-0.2, 0) is 49.2 Å². The Balaban J connectivity index is 2.10. The van der Waals surface area contributed by atoms with Gasteiger partial charge in [-0.15, -0.1) is 0 Å². The van der Waals surface area contributed by atoms with E-state index in [9.17, 15) is 0 Å². The van der Waals surface area contributed by atoms with Crippen LogP contribution >= 0.6 is 0 Å². The summed E-state index contributed by atoms with van der Waals surface area (Å²) in [6, 6.07) is 6.21. The van der Waals surface area contributed by atoms with Gasteiger partial charge < -0.3 is 57.2 Å². The second kappa shape index (κ2) is 49.4. The molecule has 1 N–H and O–H groups in total. The standard InChI is InChI=1S/C49H92O12/c1-3-5-7-9-11-13-15-17-19-21-26-60-48-24-23-47(45-49(48)61-27-22-20-18-16-14-12-10-8-6-4-2)46-59-44-43-58-42-41-57-40-39-56-38-37-55-36-35-54-34-33-53-32-31-52-30-29-51-28-25-50/h23-24,45,50H,3-22,25-44,46H2,1-2H3. The van der Waals surface area contributed by atoms with Gasteiger partial charge in [0.1, 0.15) is 0 Å². The van der Waals surface area contributed by atoms with Crippen molar-refractivity contribution in [2.24, 2.45) is 0 Å². The van der Waals surface area contributed by atoms with Gasteiger partial charge in [0.05, 0.1) is 139 Å². The van der Waals surface area contributed by atoms with Crippen LogP contribution in [0.4, 0.5) is 0 Å². The van der Waals surface area contributed by atoms with E-state index in [0.717, 1.165) is 36.5 Å². The SMILES string of the molecule is CCCCCCCCCCCCOc1ccc(COCCOCCOCCOCCOCCOCCOCCOCCOCCO)cc1OCCCCCCCCCCCC. The highest BCUT2D eigenvalue weighted by Crippen LogP contribution is 2.29. The maximum atomic E-state index is 8.63. The third-order valence-electron chi connectivity index (χ3n) is 10.00. The summed E-state index contributed by atoms with van der Waals surface area (Å²) in [6.07, 6.45) is 26.2. The third kappa shape index (κ3) is 42.2. The summed E-state index contributed by atoms with van der Waals surface area (Å²) in [7, 11) is 0. The lowest BCUT2D eigenvalue weighted by Crippen LogP contribution is -2.15. The van der Waals surface area contributed by atoms with Gasteiger partial charge in [0, 0.05) is 0 Å². The van der Waals surface area contributed by atoms with E-state index >= 15 is 0 Å². The Morgan fingerprint density at radius 1 is 0.311 bits per heavy atom. The molecule has 0 aliphatic heterocycles. The number of hydrogen-bond acceptors (Lipinski definition) is 12. The van der Waals surface area contributed by atoms with Gasteiger partial charge in [0.2, 0.25) is 0 Å². The number of benzene rings is 1. The first kappa shape index (κ1) is 57.4. The minimum atomic E-state index is 0.0264. The van der Waals surface area contributed by atoms with Gasteiger partial charge in [-0.2, -0.15) is 0 Å². The van der Waals surface area contributed by atoms with E-state index in [-0.39, 0.29) is 6.61 Å². The zero-order valence-corrected chi connectivity index (χ0v) is 39.2. The number of ether oxygens (including phenoxy) is 11. The normalized spacial score (nSPS) is 11.5. The van der Waals surface area contributed by atoms with E-state index in [2.05, 4.69) is 26.0 Å². The fourth-order valence-electron chi connectivity index (χ4n) is 6.43. The maximum absolute atomic E-state index is 8.63. The minimum absolute atomic E-state index is 0.0264. The van der Waals surface area contributed by atoms with Crippen molar-refractivity contribution in [1.29, 1.82) is 0 Å². The van der Waals surface area contributed by atoms with Crippen molar-refractivity contribution in [3.05, 3.63) is 23.8 Å². The number of aliphatic hydroxyl groups excluding tert-OH is 1. The van der Waals surface area contributed by atoms with Crippen molar-refractivity contribution in [1.82, 2.24) is 0 Å². The monoisotopic (exact) mass is 873 g/mol. The predicted molar refractivity (Wildman–Crippen MR) is 244 cm³/mol. The molecule has 1 rings (SSSR count). The van der Waals surface area contributed by atoms with Crippen molar-refractivity contribution in [2.45, 2.75) is 149 Å². The second-order valence-corrected chi connectivity index (χ2v) is 15.5. The number of aliphatic hydroxyl groups is 1. The summed E-state index contributed by atoms with van der Waals surface area (Å²) in [5.74, 6) is 1.67. The second-order valence-electron chi connectivity index (χ2n) is 15.5. The molecule has 0 bridgehead atoms. The number of rotatable bonds is 52. The first-order chi connectivity index (χ1) is 30.3. The minimum Gasteiger partial charge on any atom is -0.490 e. The highest BCUT2D eigenvalue weighted by molar-refractivity contribution is 5.42. The largest absolute Gasteiger partial charge is 0.490 e. The van der Waals surface area contributed by atoms with Crippen molar-refractivity contribution in [3.8, 4) is 11.5 Å². The summed E-state index contributed by atoms with van der Waals surface area (Å²) in [6.45, 7) is 14.9. The molecule has 1 aromatic rings. The average Bonchev–Trinajstić information content (AvgIpc) is 3.27. The Kier molecular flexibility index (Phi) is 46.5. The molecule has 12 heteroatoms. The molecule has 12 nitrogen and oxygen atoms in total. The van der Waals surface area contributed by atoms with Crippen molar-refractivity contribution >= 4 is 0 Å². The molecule has 0 saturated carbocycles. The molecule has 360 valence electrons. The Morgan fingerprint density at radius 3 is 0.951 bits per heavy atom. The fourth-order valence-corrected chi connectivity index (χ4v) is 6.43. The Morgan fingerprint density at radius 2 is 0.607 bits per heavy atom. The summed E-state index contributed by atoms with van der Waals surface area (Å²) in [5.41, 5.74) is 1.07. The fraction of sp³-hybridized carbons (Fsp3) is 0.878. The molecule has 0 fully saturated rings. The van der Waals surface area contributed by atoms with Gasteiger partial charge in [-0.1, -0.05) is 135 Å². The molecule has 0 aliphatic carbocycles. The van der Waals surface area contributed by atoms with Crippen LogP contribution in [0.25, 0.3) is 0 Å². The van der Waals surface area contributed by atoms with Crippen LogP contribution in [0.3, 0.4) is 0 Å². The number of hydrogen-bond donors (Lipinski definition) is 1. The van der Waals surface area contributed by atoms with E-state index in [1.165, 1.54) is 116 Å². The van der Waals surface area contributed by atoms with Crippen molar-refractivity contribution in [2.75, 3.05) is 132 Å². The molecular formula is C49H92O12. The maximum Gasteiger partial charge on any atom is 0.161 e.